The van der Waals surface area contributed by atoms with Crippen molar-refractivity contribution in [3.8, 4) is 50.7 Å². The highest BCUT2D eigenvalue weighted by Crippen LogP contribution is 2.44. The van der Waals surface area contributed by atoms with Crippen LogP contribution in [0, 0.1) is 0 Å². The largest absolute Gasteiger partial charge is 0.454 e. The van der Waals surface area contributed by atoms with E-state index in [-0.39, 0.29) is 5.92 Å². The standard InChI is InChI=1S/C51H34N4O/c1-5-17-33(18-6-1)37-31-41(34-19-7-2-8-20-34)46-38-25-13-14-28-42(38)55(44(46)32-37)43-29-15-26-39-47-40(27-16-30-45(47)56-48(39)43)51-53-49(35-21-9-3-10-22-35)52-50(54-51)36-23-11-4-12-24-36/h1-23,25-32,36H,24H2. The van der Waals surface area contributed by atoms with Gasteiger partial charge in [0.05, 0.1) is 16.7 Å². The van der Waals surface area contributed by atoms with Crippen LogP contribution in [0.4, 0.5) is 0 Å². The molecule has 3 heterocycles. The number of aromatic nitrogens is 4. The normalized spacial score (nSPS) is 14.0. The molecule has 0 aliphatic heterocycles. The molecular weight excluding hydrogens is 685 g/mol. The summed E-state index contributed by atoms with van der Waals surface area (Å²) in [5, 5.41) is 4.38. The van der Waals surface area contributed by atoms with Gasteiger partial charge in [-0.25, -0.2) is 15.0 Å². The van der Waals surface area contributed by atoms with Gasteiger partial charge < -0.3 is 8.98 Å². The van der Waals surface area contributed by atoms with Crippen molar-refractivity contribution in [2.24, 2.45) is 0 Å². The first-order valence-corrected chi connectivity index (χ1v) is 19.1. The molecule has 1 atom stereocenters. The second-order valence-corrected chi connectivity index (χ2v) is 14.3. The summed E-state index contributed by atoms with van der Waals surface area (Å²) in [5.74, 6) is 2.11. The van der Waals surface area contributed by atoms with Crippen molar-refractivity contribution in [1.82, 2.24) is 19.5 Å². The van der Waals surface area contributed by atoms with Crippen LogP contribution in [0.2, 0.25) is 0 Å². The molecule has 1 aliphatic rings. The molecule has 0 bridgehead atoms. The second kappa shape index (κ2) is 13.2. The minimum absolute atomic E-state index is 0.0629. The van der Waals surface area contributed by atoms with Crippen LogP contribution in [0.25, 0.3) is 94.5 Å². The smallest absolute Gasteiger partial charge is 0.164 e. The van der Waals surface area contributed by atoms with Crippen molar-refractivity contribution >= 4 is 43.7 Å². The Labute approximate surface area is 323 Å². The number of rotatable bonds is 6. The minimum Gasteiger partial charge on any atom is -0.454 e. The van der Waals surface area contributed by atoms with Gasteiger partial charge in [0.2, 0.25) is 0 Å². The van der Waals surface area contributed by atoms with E-state index in [1.54, 1.807) is 0 Å². The number of allylic oxidation sites excluding steroid dienone is 4. The van der Waals surface area contributed by atoms with E-state index in [1.807, 2.05) is 30.3 Å². The Morgan fingerprint density at radius 2 is 1.20 bits per heavy atom. The zero-order chi connectivity index (χ0) is 37.0. The van der Waals surface area contributed by atoms with Crippen molar-refractivity contribution < 1.29 is 4.42 Å². The Bertz CT molecular complexity index is 3160. The van der Waals surface area contributed by atoms with Gasteiger partial charge >= 0.3 is 0 Å². The number of benzene rings is 7. The molecule has 56 heavy (non-hydrogen) atoms. The van der Waals surface area contributed by atoms with E-state index in [9.17, 15) is 0 Å². The average molecular weight is 719 g/mol. The number of fused-ring (bicyclic) bond motifs is 6. The molecule has 10 aromatic rings. The fourth-order valence-electron chi connectivity index (χ4n) is 8.36. The van der Waals surface area contributed by atoms with E-state index >= 15 is 0 Å². The third-order valence-corrected chi connectivity index (χ3v) is 10.9. The van der Waals surface area contributed by atoms with E-state index < -0.39 is 0 Å². The first-order valence-electron chi connectivity index (χ1n) is 19.1. The summed E-state index contributed by atoms with van der Waals surface area (Å²) < 4.78 is 9.33. The number of hydrogen-bond acceptors (Lipinski definition) is 4. The minimum atomic E-state index is 0.0629. The van der Waals surface area contributed by atoms with Gasteiger partial charge in [-0.3, -0.25) is 0 Å². The van der Waals surface area contributed by atoms with Crippen molar-refractivity contribution in [2.75, 3.05) is 0 Å². The van der Waals surface area contributed by atoms with Crippen molar-refractivity contribution in [2.45, 2.75) is 12.3 Å². The lowest BCUT2D eigenvalue weighted by atomic mass is 9.94. The van der Waals surface area contributed by atoms with Gasteiger partial charge in [-0.05, 0) is 59.0 Å². The van der Waals surface area contributed by atoms with E-state index in [2.05, 4.69) is 162 Å². The number of para-hydroxylation sites is 2. The van der Waals surface area contributed by atoms with Gasteiger partial charge in [0.1, 0.15) is 11.4 Å². The summed E-state index contributed by atoms with van der Waals surface area (Å²) in [6, 6.07) is 57.5. The lowest BCUT2D eigenvalue weighted by Gasteiger charge is -2.14. The summed E-state index contributed by atoms with van der Waals surface area (Å²) >= 11 is 0. The molecular formula is C51H34N4O. The molecule has 1 unspecified atom stereocenters. The van der Waals surface area contributed by atoms with E-state index in [0.717, 1.165) is 67.6 Å². The number of nitrogens with zero attached hydrogens (tertiary/aromatic N) is 4. The summed E-state index contributed by atoms with van der Waals surface area (Å²) in [5.41, 5.74) is 11.3. The molecule has 0 amide bonds. The molecule has 264 valence electrons. The predicted octanol–water partition coefficient (Wildman–Crippen LogP) is 13.1. The molecule has 0 fully saturated rings. The van der Waals surface area contributed by atoms with Crippen LogP contribution in [-0.4, -0.2) is 19.5 Å². The molecule has 5 heteroatoms. The van der Waals surface area contributed by atoms with Gasteiger partial charge in [-0.1, -0.05) is 158 Å². The third kappa shape index (κ3) is 5.28. The Kier molecular flexibility index (Phi) is 7.56. The molecule has 0 radical (unpaired) electrons. The first kappa shape index (κ1) is 32.1. The first-order chi connectivity index (χ1) is 27.8. The van der Waals surface area contributed by atoms with E-state index in [4.69, 9.17) is 19.4 Å². The summed E-state index contributed by atoms with van der Waals surface area (Å²) in [6.07, 6.45) is 9.34. The van der Waals surface area contributed by atoms with Crippen LogP contribution in [0.1, 0.15) is 18.2 Å². The molecule has 0 saturated carbocycles. The molecule has 1 aliphatic carbocycles. The molecule has 0 N–H and O–H groups in total. The molecule has 3 aromatic heterocycles. The molecule has 7 aromatic carbocycles. The van der Waals surface area contributed by atoms with Crippen LogP contribution in [-0.2, 0) is 0 Å². The monoisotopic (exact) mass is 718 g/mol. The SMILES string of the molecule is C1=CCC(c2nc(-c3ccccc3)nc(-c3cccc4oc5c(-n6c7ccccc7c7c(-c8ccccc8)cc(-c8ccccc8)cc76)cccc5c34)n2)C=C1. The fraction of sp³-hybridized carbons (Fsp3) is 0.0392. The topological polar surface area (TPSA) is 56.7 Å². The Morgan fingerprint density at radius 1 is 0.500 bits per heavy atom. The third-order valence-electron chi connectivity index (χ3n) is 10.9. The maximum absolute atomic E-state index is 6.95. The van der Waals surface area contributed by atoms with Gasteiger partial charge in [0.15, 0.2) is 17.2 Å². The maximum Gasteiger partial charge on any atom is 0.164 e. The summed E-state index contributed by atoms with van der Waals surface area (Å²) in [7, 11) is 0. The lowest BCUT2D eigenvalue weighted by Crippen LogP contribution is -2.07. The zero-order valence-electron chi connectivity index (χ0n) is 30.4. The highest BCUT2D eigenvalue weighted by Gasteiger charge is 2.24. The number of furan rings is 1. The molecule has 0 saturated heterocycles. The Morgan fingerprint density at radius 3 is 1.98 bits per heavy atom. The summed E-state index contributed by atoms with van der Waals surface area (Å²) in [4.78, 5) is 15.3. The zero-order valence-corrected chi connectivity index (χ0v) is 30.4. The van der Waals surface area contributed by atoms with Crippen molar-refractivity contribution in [3.05, 3.63) is 194 Å². The van der Waals surface area contributed by atoms with Gasteiger partial charge in [0.25, 0.3) is 0 Å². The van der Waals surface area contributed by atoms with E-state index in [1.165, 1.54) is 27.5 Å². The highest BCUT2D eigenvalue weighted by atomic mass is 16.3. The van der Waals surface area contributed by atoms with Gasteiger partial charge in [-0.2, -0.15) is 0 Å². The van der Waals surface area contributed by atoms with Gasteiger partial charge in [-0.15, -0.1) is 0 Å². The van der Waals surface area contributed by atoms with Crippen LogP contribution in [0.3, 0.4) is 0 Å². The van der Waals surface area contributed by atoms with Crippen LogP contribution in [0.15, 0.2) is 193 Å². The second-order valence-electron chi connectivity index (χ2n) is 14.3. The quantitative estimate of drug-likeness (QED) is 0.172. The van der Waals surface area contributed by atoms with Crippen LogP contribution < -0.4 is 0 Å². The van der Waals surface area contributed by atoms with Crippen molar-refractivity contribution in [3.63, 3.8) is 0 Å². The Balaban J connectivity index is 1.18. The molecule has 11 rings (SSSR count). The van der Waals surface area contributed by atoms with Crippen molar-refractivity contribution in [1.29, 1.82) is 0 Å². The van der Waals surface area contributed by atoms with E-state index in [0.29, 0.717) is 11.6 Å². The molecule has 5 nitrogen and oxygen atoms in total. The lowest BCUT2D eigenvalue weighted by molar-refractivity contribution is 0.666. The number of hydrogen-bond donors (Lipinski definition) is 0. The average Bonchev–Trinajstić information content (AvgIpc) is 3.83. The Hall–Kier alpha value is -7.37. The predicted molar refractivity (Wildman–Crippen MR) is 229 cm³/mol. The van der Waals surface area contributed by atoms with Crippen LogP contribution in [0.5, 0.6) is 0 Å². The fourth-order valence-corrected chi connectivity index (χ4v) is 8.36. The van der Waals surface area contributed by atoms with Gasteiger partial charge in [0, 0.05) is 38.6 Å². The van der Waals surface area contributed by atoms with Crippen LogP contribution >= 0.6 is 0 Å². The molecule has 0 spiro atoms. The summed E-state index contributed by atoms with van der Waals surface area (Å²) in [6.45, 7) is 0. The maximum atomic E-state index is 6.95. The highest BCUT2D eigenvalue weighted by molar-refractivity contribution is 6.19.